The van der Waals surface area contributed by atoms with E-state index in [0.29, 0.717) is 12.2 Å². The van der Waals surface area contributed by atoms with Crippen molar-refractivity contribution in [2.75, 3.05) is 7.11 Å². The van der Waals surface area contributed by atoms with Crippen molar-refractivity contribution in [3.8, 4) is 0 Å². The summed E-state index contributed by atoms with van der Waals surface area (Å²) in [6.45, 7) is 0. The summed E-state index contributed by atoms with van der Waals surface area (Å²) in [5, 5.41) is 0. The van der Waals surface area contributed by atoms with Crippen LogP contribution in [0.25, 0.3) is 0 Å². The van der Waals surface area contributed by atoms with E-state index in [1.54, 1.807) is 0 Å². The van der Waals surface area contributed by atoms with E-state index in [0.717, 1.165) is 0 Å². The van der Waals surface area contributed by atoms with Gasteiger partial charge in [0.25, 0.3) is 0 Å². The SMILES string of the molecule is COC1=CCC(=O)CC1=O. The molecule has 0 saturated carbocycles. The van der Waals surface area contributed by atoms with Gasteiger partial charge in [-0.1, -0.05) is 0 Å². The molecule has 0 aromatic heterocycles. The first-order valence-corrected chi connectivity index (χ1v) is 3.03. The van der Waals surface area contributed by atoms with Crippen LogP contribution in [-0.4, -0.2) is 18.7 Å². The lowest BCUT2D eigenvalue weighted by Crippen LogP contribution is -2.15. The van der Waals surface area contributed by atoms with E-state index < -0.39 is 0 Å². The smallest absolute Gasteiger partial charge is 0.204 e. The molecule has 0 aromatic rings. The van der Waals surface area contributed by atoms with Gasteiger partial charge in [0.15, 0.2) is 5.76 Å². The first-order valence-electron chi connectivity index (χ1n) is 3.03. The quantitative estimate of drug-likeness (QED) is 0.496. The van der Waals surface area contributed by atoms with Crippen molar-refractivity contribution >= 4 is 11.6 Å². The van der Waals surface area contributed by atoms with Crippen molar-refractivity contribution in [1.82, 2.24) is 0 Å². The summed E-state index contributed by atoms with van der Waals surface area (Å²) in [6.07, 6.45) is 1.85. The highest BCUT2D eigenvalue weighted by atomic mass is 16.5. The number of carbonyl (C=O) groups is 2. The Hall–Kier alpha value is -1.12. The molecule has 0 amide bonds. The second-order valence-corrected chi connectivity index (χ2v) is 2.12. The van der Waals surface area contributed by atoms with Crippen LogP contribution in [0.4, 0.5) is 0 Å². The summed E-state index contributed by atoms with van der Waals surface area (Å²) in [6, 6.07) is 0. The number of rotatable bonds is 1. The van der Waals surface area contributed by atoms with E-state index in [1.807, 2.05) is 0 Å². The fourth-order valence-corrected chi connectivity index (χ4v) is 0.856. The van der Waals surface area contributed by atoms with Gasteiger partial charge in [-0.25, -0.2) is 0 Å². The van der Waals surface area contributed by atoms with Crippen LogP contribution < -0.4 is 0 Å². The molecule has 0 N–H and O–H groups in total. The maximum Gasteiger partial charge on any atom is 0.204 e. The molecule has 0 bridgehead atoms. The van der Waals surface area contributed by atoms with Crippen LogP contribution in [-0.2, 0) is 14.3 Å². The van der Waals surface area contributed by atoms with Crippen LogP contribution in [0.5, 0.6) is 0 Å². The van der Waals surface area contributed by atoms with E-state index in [-0.39, 0.29) is 18.0 Å². The molecule has 3 heteroatoms. The zero-order valence-corrected chi connectivity index (χ0v) is 5.72. The molecule has 0 fully saturated rings. The van der Waals surface area contributed by atoms with Crippen LogP contribution in [0.15, 0.2) is 11.8 Å². The van der Waals surface area contributed by atoms with Gasteiger partial charge in [0.1, 0.15) is 5.78 Å². The Morgan fingerprint density at radius 3 is 2.70 bits per heavy atom. The van der Waals surface area contributed by atoms with Crippen molar-refractivity contribution in [2.45, 2.75) is 12.8 Å². The Kier molecular flexibility index (Phi) is 1.85. The fraction of sp³-hybridized carbons (Fsp3) is 0.429. The van der Waals surface area contributed by atoms with Gasteiger partial charge in [0.2, 0.25) is 5.78 Å². The molecule has 0 atom stereocenters. The molecule has 1 rings (SSSR count). The van der Waals surface area contributed by atoms with Gasteiger partial charge < -0.3 is 4.74 Å². The van der Waals surface area contributed by atoms with Crippen LogP contribution in [0.2, 0.25) is 0 Å². The average Bonchev–Trinajstić information content (AvgIpc) is 1.88. The number of ether oxygens (including phenoxy) is 1. The minimum Gasteiger partial charge on any atom is -0.493 e. The summed E-state index contributed by atoms with van der Waals surface area (Å²) in [7, 11) is 1.43. The predicted octanol–water partition coefficient (Wildman–Crippen LogP) is 0.449. The standard InChI is InChI=1S/C7H8O3/c1-10-7-3-2-5(8)4-6(7)9/h3H,2,4H2,1H3. The molecule has 0 spiro atoms. The third-order valence-corrected chi connectivity index (χ3v) is 1.37. The first-order chi connectivity index (χ1) is 4.74. The normalized spacial score (nSPS) is 18.7. The molecule has 1 aliphatic rings. The third kappa shape index (κ3) is 1.23. The summed E-state index contributed by atoms with van der Waals surface area (Å²) in [4.78, 5) is 21.4. The topological polar surface area (TPSA) is 43.4 Å². The second kappa shape index (κ2) is 2.64. The van der Waals surface area contributed by atoms with Gasteiger partial charge in [-0.3, -0.25) is 9.59 Å². The van der Waals surface area contributed by atoms with Gasteiger partial charge in [0, 0.05) is 6.42 Å². The number of allylic oxidation sites excluding steroid dienone is 2. The van der Waals surface area contributed by atoms with Crippen LogP contribution in [0, 0.1) is 0 Å². The Labute approximate surface area is 58.7 Å². The summed E-state index contributed by atoms with van der Waals surface area (Å²) in [5.41, 5.74) is 0. The van der Waals surface area contributed by atoms with Crippen molar-refractivity contribution in [2.24, 2.45) is 0 Å². The monoisotopic (exact) mass is 140 g/mol. The van der Waals surface area contributed by atoms with Crippen LogP contribution >= 0.6 is 0 Å². The number of carbonyl (C=O) groups excluding carboxylic acids is 2. The van der Waals surface area contributed by atoms with Gasteiger partial charge in [-0.15, -0.1) is 0 Å². The Morgan fingerprint density at radius 1 is 1.50 bits per heavy atom. The molecule has 0 aromatic carbocycles. The molecule has 0 heterocycles. The van der Waals surface area contributed by atoms with Gasteiger partial charge in [-0.05, 0) is 6.08 Å². The number of ketones is 2. The molecule has 1 aliphatic carbocycles. The zero-order chi connectivity index (χ0) is 7.56. The van der Waals surface area contributed by atoms with Crippen molar-refractivity contribution < 1.29 is 14.3 Å². The Bertz CT molecular complexity index is 203. The highest BCUT2D eigenvalue weighted by Crippen LogP contribution is 2.10. The van der Waals surface area contributed by atoms with Crippen LogP contribution in [0.3, 0.4) is 0 Å². The van der Waals surface area contributed by atoms with Crippen LogP contribution in [0.1, 0.15) is 12.8 Å². The maximum atomic E-state index is 10.8. The van der Waals surface area contributed by atoms with Crippen molar-refractivity contribution in [3.05, 3.63) is 11.8 Å². The molecule has 3 nitrogen and oxygen atoms in total. The second-order valence-electron chi connectivity index (χ2n) is 2.12. The van der Waals surface area contributed by atoms with E-state index in [1.165, 1.54) is 13.2 Å². The van der Waals surface area contributed by atoms with E-state index in [9.17, 15) is 9.59 Å². The predicted molar refractivity (Wildman–Crippen MR) is 34.3 cm³/mol. The Morgan fingerprint density at radius 2 is 2.20 bits per heavy atom. The summed E-state index contributed by atoms with van der Waals surface area (Å²) < 4.78 is 4.71. The minimum absolute atomic E-state index is 0.000324. The number of Topliss-reactive ketones (excluding diaryl/α,β-unsaturated/α-hetero) is 2. The van der Waals surface area contributed by atoms with E-state index >= 15 is 0 Å². The van der Waals surface area contributed by atoms with E-state index in [2.05, 4.69) is 0 Å². The lowest BCUT2D eigenvalue weighted by molar-refractivity contribution is -0.127. The lowest BCUT2D eigenvalue weighted by atomic mass is 10.0. The van der Waals surface area contributed by atoms with Gasteiger partial charge in [-0.2, -0.15) is 0 Å². The van der Waals surface area contributed by atoms with Crippen molar-refractivity contribution in [3.63, 3.8) is 0 Å². The lowest BCUT2D eigenvalue weighted by Gasteiger charge is -2.08. The molecule has 10 heavy (non-hydrogen) atoms. The average molecular weight is 140 g/mol. The van der Waals surface area contributed by atoms with Gasteiger partial charge >= 0.3 is 0 Å². The molecule has 0 aliphatic heterocycles. The van der Waals surface area contributed by atoms with Gasteiger partial charge in [0.05, 0.1) is 13.5 Å². The van der Waals surface area contributed by atoms with Crippen molar-refractivity contribution in [1.29, 1.82) is 0 Å². The number of hydrogen-bond acceptors (Lipinski definition) is 3. The Balaban J connectivity index is 2.75. The maximum absolute atomic E-state index is 10.8. The molecular formula is C7H8O3. The molecule has 0 unspecified atom stereocenters. The zero-order valence-electron chi connectivity index (χ0n) is 5.72. The molecule has 0 saturated heterocycles. The largest absolute Gasteiger partial charge is 0.493 e. The number of hydrogen-bond donors (Lipinski definition) is 0. The molecular weight excluding hydrogens is 132 g/mol. The third-order valence-electron chi connectivity index (χ3n) is 1.37. The minimum atomic E-state index is -0.209. The molecule has 54 valence electrons. The highest BCUT2D eigenvalue weighted by Gasteiger charge is 2.19. The fourth-order valence-electron chi connectivity index (χ4n) is 0.856. The summed E-state index contributed by atoms with van der Waals surface area (Å²) in [5.74, 6) is 0.0733. The summed E-state index contributed by atoms with van der Waals surface area (Å²) >= 11 is 0. The molecule has 0 radical (unpaired) electrons. The first kappa shape index (κ1) is 6.99. The number of methoxy groups -OCH3 is 1. The highest BCUT2D eigenvalue weighted by molar-refractivity contribution is 6.09. The van der Waals surface area contributed by atoms with E-state index in [4.69, 9.17) is 4.74 Å².